The third kappa shape index (κ3) is 3.25. The molecule has 0 fully saturated rings. The molecular weight excluding hydrogens is 132 g/mol. The van der Waals surface area contributed by atoms with E-state index < -0.39 is 12.1 Å². The Labute approximate surface area is 60.3 Å². The van der Waals surface area contributed by atoms with Gasteiger partial charge in [0.05, 0.1) is 7.11 Å². The van der Waals surface area contributed by atoms with Gasteiger partial charge in [0.1, 0.15) is 0 Å². The van der Waals surface area contributed by atoms with Gasteiger partial charge in [-0.05, 0) is 12.8 Å². The van der Waals surface area contributed by atoms with E-state index in [4.69, 9.17) is 5.11 Å². The number of carbonyl (C=O) groups is 1. The van der Waals surface area contributed by atoms with Crippen molar-refractivity contribution in [2.45, 2.75) is 18.9 Å². The Bertz CT molecular complexity index is 120. The molecule has 3 nitrogen and oxygen atoms in total. The SMILES string of the molecule is C=CCCC(O)C(=O)OC. The van der Waals surface area contributed by atoms with Gasteiger partial charge in [-0.15, -0.1) is 6.58 Å². The Hall–Kier alpha value is -0.830. The zero-order chi connectivity index (χ0) is 7.98. The first-order valence-electron chi connectivity index (χ1n) is 3.09. The topological polar surface area (TPSA) is 46.5 Å². The Morgan fingerprint density at radius 1 is 1.90 bits per heavy atom. The molecule has 0 saturated carbocycles. The lowest BCUT2D eigenvalue weighted by molar-refractivity contribution is -0.150. The molecule has 0 heterocycles. The molecule has 0 bridgehead atoms. The molecule has 0 aliphatic carbocycles. The molecule has 10 heavy (non-hydrogen) atoms. The van der Waals surface area contributed by atoms with E-state index in [0.29, 0.717) is 12.8 Å². The van der Waals surface area contributed by atoms with E-state index in [1.807, 2.05) is 0 Å². The molecule has 0 amide bonds. The highest BCUT2D eigenvalue weighted by Crippen LogP contribution is 1.98. The number of hydrogen-bond donors (Lipinski definition) is 1. The van der Waals surface area contributed by atoms with Crippen LogP contribution in [0, 0.1) is 0 Å². The molecule has 58 valence electrons. The van der Waals surface area contributed by atoms with Crippen LogP contribution in [0.2, 0.25) is 0 Å². The van der Waals surface area contributed by atoms with Crippen molar-refractivity contribution in [2.75, 3.05) is 7.11 Å². The summed E-state index contributed by atoms with van der Waals surface area (Å²) >= 11 is 0. The summed E-state index contributed by atoms with van der Waals surface area (Å²) in [6.45, 7) is 3.45. The summed E-state index contributed by atoms with van der Waals surface area (Å²) in [7, 11) is 1.25. The number of ether oxygens (including phenoxy) is 1. The fourth-order valence-electron chi connectivity index (χ4n) is 0.530. The lowest BCUT2D eigenvalue weighted by atomic mass is 10.2. The van der Waals surface area contributed by atoms with E-state index in [2.05, 4.69) is 11.3 Å². The molecule has 0 radical (unpaired) electrons. The third-order valence-electron chi connectivity index (χ3n) is 1.12. The molecule has 1 atom stereocenters. The Balaban J connectivity index is 3.50. The maximum atomic E-state index is 10.5. The molecule has 0 aromatic rings. The summed E-state index contributed by atoms with van der Waals surface area (Å²) < 4.78 is 4.29. The molecule has 0 aliphatic rings. The molecule has 1 N–H and O–H groups in total. The maximum Gasteiger partial charge on any atom is 0.334 e. The van der Waals surface area contributed by atoms with Crippen molar-refractivity contribution in [1.82, 2.24) is 0 Å². The minimum Gasteiger partial charge on any atom is -0.467 e. The van der Waals surface area contributed by atoms with Crippen molar-refractivity contribution < 1.29 is 14.6 Å². The smallest absolute Gasteiger partial charge is 0.334 e. The van der Waals surface area contributed by atoms with Crippen LogP contribution in [0.4, 0.5) is 0 Å². The van der Waals surface area contributed by atoms with E-state index in [0.717, 1.165) is 0 Å². The molecule has 1 unspecified atom stereocenters. The van der Waals surface area contributed by atoms with E-state index in [9.17, 15) is 4.79 Å². The summed E-state index contributed by atoms with van der Waals surface area (Å²) in [5, 5.41) is 8.93. The van der Waals surface area contributed by atoms with Gasteiger partial charge in [-0.1, -0.05) is 6.08 Å². The lowest BCUT2D eigenvalue weighted by Gasteiger charge is -2.04. The van der Waals surface area contributed by atoms with Crippen LogP contribution in [0.5, 0.6) is 0 Å². The average molecular weight is 144 g/mol. The van der Waals surface area contributed by atoms with Gasteiger partial charge >= 0.3 is 5.97 Å². The minimum atomic E-state index is -0.997. The molecule has 3 heteroatoms. The van der Waals surface area contributed by atoms with Crippen LogP contribution in [-0.2, 0) is 9.53 Å². The number of aliphatic hydroxyl groups excluding tert-OH is 1. The first-order chi connectivity index (χ1) is 4.72. The van der Waals surface area contributed by atoms with Crippen LogP contribution < -0.4 is 0 Å². The van der Waals surface area contributed by atoms with Gasteiger partial charge in [-0.25, -0.2) is 4.79 Å². The van der Waals surface area contributed by atoms with E-state index >= 15 is 0 Å². The van der Waals surface area contributed by atoms with Crippen molar-refractivity contribution in [2.24, 2.45) is 0 Å². The average Bonchev–Trinajstić information content (AvgIpc) is 1.98. The van der Waals surface area contributed by atoms with Gasteiger partial charge in [0.15, 0.2) is 6.10 Å². The number of aliphatic hydroxyl groups is 1. The molecule has 0 saturated heterocycles. The molecule has 0 spiro atoms. The van der Waals surface area contributed by atoms with Crippen LogP contribution in [0.3, 0.4) is 0 Å². The Morgan fingerprint density at radius 3 is 2.90 bits per heavy atom. The first-order valence-corrected chi connectivity index (χ1v) is 3.09. The fourth-order valence-corrected chi connectivity index (χ4v) is 0.530. The van der Waals surface area contributed by atoms with Crippen molar-refractivity contribution in [3.8, 4) is 0 Å². The number of methoxy groups -OCH3 is 1. The molecule has 0 aromatic heterocycles. The lowest BCUT2D eigenvalue weighted by Crippen LogP contribution is -2.21. The van der Waals surface area contributed by atoms with Crippen molar-refractivity contribution in [3.63, 3.8) is 0 Å². The van der Waals surface area contributed by atoms with Gasteiger partial charge in [0.2, 0.25) is 0 Å². The van der Waals surface area contributed by atoms with Gasteiger partial charge in [0.25, 0.3) is 0 Å². The van der Waals surface area contributed by atoms with E-state index in [1.54, 1.807) is 6.08 Å². The van der Waals surface area contributed by atoms with E-state index in [1.165, 1.54) is 7.11 Å². The number of carbonyl (C=O) groups excluding carboxylic acids is 1. The third-order valence-corrected chi connectivity index (χ3v) is 1.12. The highest BCUT2D eigenvalue weighted by molar-refractivity contribution is 5.74. The second-order valence-corrected chi connectivity index (χ2v) is 1.90. The first kappa shape index (κ1) is 9.17. The van der Waals surface area contributed by atoms with Gasteiger partial charge in [-0.2, -0.15) is 0 Å². The number of rotatable bonds is 4. The molecule has 0 rings (SSSR count). The van der Waals surface area contributed by atoms with Crippen LogP contribution in [0.25, 0.3) is 0 Å². The van der Waals surface area contributed by atoms with Crippen LogP contribution >= 0.6 is 0 Å². The van der Waals surface area contributed by atoms with Crippen LogP contribution in [-0.4, -0.2) is 24.3 Å². The summed E-state index contributed by atoms with van der Waals surface area (Å²) in [5.41, 5.74) is 0. The summed E-state index contributed by atoms with van der Waals surface area (Å²) in [5.74, 6) is -0.582. The summed E-state index contributed by atoms with van der Waals surface area (Å²) in [6.07, 6.45) is 1.65. The predicted molar refractivity (Wildman–Crippen MR) is 37.5 cm³/mol. The van der Waals surface area contributed by atoms with Crippen LogP contribution in [0.1, 0.15) is 12.8 Å². The second kappa shape index (κ2) is 4.99. The molecule has 0 aliphatic heterocycles. The number of esters is 1. The van der Waals surface area contributed by atoms with Gasteiger partial charge in [-0.3, -0.25) is 0 Å². The molecular formula is C7H12O3. The van der Waals surface area contributed by atoms with Crippen molar-refractivity contribution >= 4 is 5.97 Å². The standard InChI is InChI=1S/C7H12O3/c1-3-4-5-6(8)7(9)10-2/h3,6,8H,1,4-5H2,2H3. The van der Waals surface area contributed by atoms with E-state index in [-0.39, 0.29) is 0 Å². The van der Waals surface area contributed by atoms with Crippen molar-refractivity contribution in [3.05, 3.63) is 12.7 Å². The fraction of sp³-hybridized carbons (Fsp3) is 0.571. The second-order valence-electron chi connectivity index (χ2n) is 1.90. The Kier molecular flexibility index (Phi) is 4.58. The number of allylic oxidation sites excluding steroid dienone is 1. The van der Waals surface area contributed by atoms with Crippen molar-refractivity contribution in [1.29, 1.82) is 0 Å². The summed E-state index contributed by atoms with van der Waals surface area (Å²) in [6, 6.07) is 0. The highest BCUT2D eigenvalue weighted by atomic mass is 16.5. The minimum absolute atomic E-state index is 0.385. The highest BCUT2D eigenvalue weighted by Gasteiger charge is 2.12. The number of hydrogen-bond acceptors (Lipinski definition) is 3. The maximum absolute atomic E-state index is 10.5. The molecule has 0 aromatic carbocycles. The Morgan fingerprint density at radius 2 is 2.50 bits per heavy atom. The van der Waals surface area contributed by atoms with Crippen LogP contribution in [0.15, 0.2) is 12.7 Å². The largest absolute Gasteiger partial charge is 0.467 e. The quantitative estimate of drug-likeness (QED) is 0.461. The monoisotopic (exact) mass is 144 g/mol. The van der Waals surface area contributed by atoms with Gasteiger partial charge < -0.3 is 9.84 Å². The normalized spacial score (nSPS) is 12.2. The van der Waals surface area contributed by atoms with Gasteiger partial charge in [0, 0.05) is 0 Å². The zero-order valence-corrected chi connectivity index (χ0v) is 6.04. The zero-order valence-electron chi connectivity index (χ0n) is 6.04. The summed E-state index contributed by atoms with van der Waals surface area (Å²) in [4.78, 5) is 10.5. The predicted octanol–water partition coefficient (Wildman–Crippen LogP) is 0.486.